The molecule has 116 valence electrons. The van der Waals surface area contributed by atoms with Gasteiger partial charge in [0, 0.05) is 25.7 Å². The Morgan fingerprint density at radius 3 is 2.76 bits per heavy atom. The van der Waals surface area contributed by atoms with Crippen molar-refractivity contribution in [3.8, 4) is 0 Å². The lowest BCUT2D eigenvalue weighted by atomic mass is 10.00. The van der Waals surface area contributed by atoms with Gasteiger partial charge in [-0.1, -0.05) is 18.6 Å². The average Bonchev–Trinajstić information content (AvgIpc) is 2.90. The van der Waals surface area contributed by atoms with Crippen LogP contribution in [0.1, 0.15) is 25.7 Å². The summed E-state index contributed by atoms with van der Waals surface area (Å²) in [4.78, 5) is 2.77. The first-order valence-corrected chi connectivity index (χ1v) is 9.13. The van der Waals surface area contributed by atoms with E-state index in [9.17, 15) is 8.42 Å². The van der Waals surface area contributed by atoms with Crippen molar-refractivity contribution >= 4 is 15.7 Å². The second-order valence-electron chi connectivity index (χ2n) is 5.86. The fourth-order valence-electron chi connectivity index (χ4n) is 3.56. The van der Waals surface area contributed by atoms with Crippen LogP contribution in [-0.4, -0.2) is 45.5 Å². The predicted octanol–water partition coefficient (Wildman–Crippen LogP) is 1.63. The van der Waals surface area contributed by atoms with Gasteiger partial charge in [0.25, 0.3) is 0 Å². The summed E-state index contributed by atoms with van der Waals surface area (Å²) in [6, 6.07) is 7.45. The molecule has 0 aromatic heterocycles. The second-order valence-corrected chi connectivity index (χ2v) is 7.54. The number of piperidine rings is 1. The van der Waals surface area contributed by atoms with Crippen LogP contribution in [-0.2, 0) is 10.0 Å². The van der Waals surface area contributed by atoms with Crippen molar-refractivity contribution < 1.29 is 8.42 Å². The molecule has 1 aromatic rings. The van der Waals surface area contributed by atoms with Gasteiger partial charge in [0.2, 0.25) is 10.0 Å². The van der Waals surface area contributed by atoms with E-state index >= 15 is 0 Å². The summed E-state index contributed by atoms with van der Waals surface area (Å²) in [5.74, 6) is 0. The molecule has 2 aliphatic rings. The molecule has 0 radical (unpaired) electrons. The maximum Gasteiger partial charge on any atom is 0.242 e. The van der Waals surface area contributed by atoms with Crippen molar-refractivity contribution in [1.29, 1.82) is 0 Å². The van der Waals surface area contributed by atoms with Gasteiger partial charge in [0.15, 0.2) is 0 Å². The Hall–Kier alpha value is -1.11. The molecule has 0 amide bonds. The fraction of sp³-hybridized carbons (Fsp3) is 0.600. The Labute approximate surface area is 126 Å². The van der Waals surface area contributed by atoms with Gasteiger partial charge in [-0.05, 0) is 37.9 Å². The number of rotatable bonds is 4. The number of anilines is 1. The number of hydrogen-bond donors (Lipinski definition) is 2. The van der Waals surface area contributed by atoms with Gasteiger partial charge < -0.3 is 5.32 Å². The van der Waals surface area contributed by atoms with Gasteiger partial charge in [-0.2, -0.15) is 0 Å². The SMILES string of the molecule is CNc1ccccc1S(=O)(=O)NC1CCN2CCCCC12. The lowest BCUT2D eigenvalue weighted by Gasteiger charge is -2.32. The molecule has 3 rings (SSSR count). The van der Waals surface area contributed by atoms with Gasteiger partial charge in [0.05, 0.1) is 5.69 Å². The number of nitrogens with one attached hydrogen (secondary N) is 2. The molecule has 2 atom stereocenters. The van der Waals surface area contributed by atoms with Gasteiger partial charge >= 0.3 is 0 Å². The van der Waals surface area contributed by atoms with Crippen LogP contribution in [0.25, 0.3) is 0 Å². The molecule has 1 aromatic carbocycles. The summed E-state index contributed by atoms with van der Waals surface area (Å²) < 4.78 is 28.3. The molecule has 0 aliphatic carbocycles. The summed E-state index contributed by atoms with van der Waals surface area (Å²) in [6.07, 6.45) is 4.44. The molecule has 2 fully saturated rings. The number of sulfonamides is 1. The fourth-order valence-corrected chi connectivity index (χ4v) is 5.07. The van der Waals surface area contributed by atoms with Gasteiger partial charge in [-0.15, -0.1) is 0 Å². The Morgan fingerprint density at radius 1 is 1.14 bits per heavy atom. The van der Waals surface area contributed by atoms with Crippen LogP contribution >= 0.6 is 0 Å². The van der Waals surface area contributed by atoms with Gasteiger partial charge in [0.1, 0.15) is 4.90 Å². The van der Waals surface area contributed by atoms with Gasteiger partial charge in [-0.25, -0.2) is 13.1 Å². The van der Waals surface area contributed by atoms with Crippen molar-refractivity contribution in [2.45, 2.75) is 42.7 Å². The van der Waals surface area contributed by atoms with Crippen LogP contribution in [0.3, 0.4) is 0 Å². The Bertz CT molecular complexity index is 603. The van der Waals surface area contributed by atoms with Crippen LogP contribution in [0.5, 0.6) is 0 Å². The van der Waals surface area contributed by atoms with Crippen LogP contribution in [0.4, 0.5) is 5.69 Å². The number of nitrogens with zero attached hydrogens (tertiary/aromatic N) is 1. The van der Waals surface area contributed by atoms with Crippen molar-refractivity contribution in [3.63, 3.8) is 0 Å². The minimum absolute atomic E-state index is 0.0419. The van der Waals surface area contributed by atoms with E-state index < -0.39 is 10.0 Å². The second kappa shape index (κ2) is 5.94. The van der Waals surface area contributed by atoms with Gasteiger partial charge in [-0.3, -0.25) is 4.90 Å². The highest BCUT2D eigenvalue weighted by molar-refractivity contribution is 7.89. The zero-order chi connectivity index (χ0) is 14.9. The summed E-state index contributed by atoms with van der Waals surface area (Å²) >= 11 is 0. The number of para-hydroxylation sites is 1. The standard InChI is InChI=1S/C15H23N3O2S/c1-16-13-6-2-3-8-15(13)21(19,20)17-12-9-11-18-10-5-4-7-14(12)18/h2-3,6,8,12,14,16-17H,4-5,7,9-11H2,1H3. The monoisotopic (exact) mass is 309 g/mol. The molecule has 21 heavy (non-hydrogen) atoms. The summed E-state index contributed by atoms with van der Waals surface area (Å²) in [7, 11) is -1.73. The molecular weight excluding hydrogens is 286 g/mol. The first-order chi connectivity index (χ1) is 10.1. The molecule has 2 unspecified atom stereocenters. The molecular formula is C15H23N3O2S. The summed E-state index contributed by atoms with van der Waals surface area (Å²) in [5.41, 5.74) is 0.642. The van der Waals surface area contributed by atoms with Crippen LogP contribution in [0.15, 0.2) is 29.2 Å². The largest absolute Gasteiger partial charge is 0.387 e. The van der Waals surface area contributed by atoms with E-state index in [4.69, 9.17) is 0 Å². The maximum atomic E-state index is 12.7. The van der Waals surface area contributed by atoms with E-state index in [0.29, 0.717) is 16.6 Å². The molecule has 2 aliphatic heterocycles. The van der Waals surface area contributed by atoms with Crippen LogP contribution in [0, 0.1) is 0 Å². The molecule has 2 heterocycles. The Morgan fingerprint density at radius 2 is 1.95 bits per heavy atom. The van der Waals surface area contributed by atoms with Crippen molar-refractivity contribution in [2.75, 3.05) is 25.5 Å². The first-order valence-electron chi connectivity index (χ1n) is 7.65. The molecule has 0 bridgehead atoms. The van der Waals surface area contributed by atoms with E-state index in [1.807, 2.05) is 6.07 Å². The topological polar surface area (TPSA) is 61.4 Å². The zero-order valence-corrected chi connectivity index (χ0v) is 13.2. The lowest BCUT2D eigenvalue weighted by molar-refractivity contribution is 0.186. The highest BCUT2D eigenvalue weighted by atomic mass is 32.2. The molecule has 0 spiro atoms. The first kappa shape index (κ1) is 14.8. The third kappa shape index (κ3) is 2.93. The Kier molecular flexibility index (Phi) is 4.19. The average molecular weight is 309 g/mol. The van der Waals surface area contributed by atoms with E-state index in [1.165, 1.54) is 12.8 Å². The number of fused-ring (bicyclic) bond motifs is 1. The molecule has 0 saturated carbocycles. The smallest absolute Gasteiger partial charge is 0.242 e. The number of benzene rings is 1. The minimum atomic E-state index is -3.48. The van der Waals surface area contributed by atoms with Crippen LogP contribution in [0.2, 0.25) is 0 Å². The molecule has 5 nitrogen and oxygen atoms in total. The summed E-state index contributed by atoms with van der Waals surface area (Å²) in [6.45, 7) is 2.11. The third-order valence-corrected chi connectivity index (χ3v) is 6.16. The minimum Gasteiger partial charge on any atom is -0.387 e. The molecule has 2 saturated heterocycles. The predicted molar refractivity (Wildman–Crippen MR) is 83.9 cm³/mol. The van der Waals surface area contributed by atoms with Crippen molar-refractivity contribution in [2.24, 2.45) is 0 Å². The quantitative estimate of drug-likeness (QED) is 0.887. The van der Waals surface area contributed by atoms with Crippen molar-refractivity contribution in [1.82, 2.24) is 9.62 Å². The lowest BCUT2D eigenvalue weighted by Crippen LogP contribution is -2.46. The highest BCUT2D eigenvalue weighted by Crippen LogP contribution is 2.29. The van der Waals surface area contributed by atoms with E-state index in [1.54, 1.807) is 25.2 Å². The zero-order valence-electron chi connectivity index (χ0n) is 12.4. The van der Waals surface area contributed by atoms with E-state index in [0.717, 1.165) is 25.9 Å². The van der Waals surface area contributed by atoms with Crippen molar-refractivity contribution in [3.05, 3.63) is 24.3 Å². The van der Waals surface area contributed by atoms with E-state index in [-0.39, 0.29) is 6.04 Å². The highest BCUT2D eigenvalue weighted by Gasteiger charge is 2.38. The molecule has 2 N–H and O–H groups in total. The maximum absolute atomic E-state index is 12.7. The third-order valence-electron chi connectivity index (χ3n) is 4.61. The number of hydrogen-bond acceptors (Lipinski definition) is 4. The molecule has 6 heteroatoms. The summed E-state index contributed by atoms with van der Waals surface area (Å²) in [5, 5.41) is 2.95. The Balaban J connectivity index is 1.80. The normalized spacial score (nSPS) is 26.5. The van der Waals surface area contributed by atoms with Crippen LogP contribution < -0.4 is 10.0 Å². The van der Waals surface area contributed by atoms with E-state index in [2.05, 4.69) is 14.9 Å².